The van der Waals surface area contributed by atoms with E-state index >= 15 is 0 Å². The van der Waals surface area contributed by atoms with E-state index in [1.54, 1.807) is 42.5 Å². The summed E-state index contributed by atoms with van der Waals surface area (Å²) in [6, 6.07) is 14.7. The normalized spacial score (nSPS) is 10.5. The van der Waals surface area contributed by atoms with Gasteiger partial charge in [0.25, 0.3) is 0 Å². The lowest BCUT2D eigenvalue weighted by molar-refractivity contribution is -0.142. The van der Waals surface area contributed by atoms with Crippen LogP contribution in [0.25, 0.3) is 0 Å². The number of nitrogens with one attached hydrogen (secondary N) is 1. The van der Waals surface area contributed by atoms with Crippen molar-refractivity contribution in [1.29, 1.82) is 0 Å². The van der Waals surface area contributed by atoms with Crippen LogP contribution in [0.2, 0.25) is 0 Å². The summed E-state index contributed by atoms with van der Waals surface area (Å²) in [5.74, 6) is -0.746. The summed E-state index contributed by atoms with van der Waals surface area (Å²) in [6.07, 6.45) is 0. The number of likely N-dealkylation sites (N-methyl/N-ethyl adjacent to an activating group) is 1. The highest BCUT2D eigenvalue weighted by Gasteiger charge is 2.22. The lowest BCUT2D eigenvalue weighted by atomic mass is 10.2. The van der Waals surface area contributed by atoms with Gasteiger partial charge in [0.05, 0.1) is 18.9 Å². The second kappa shape index (κ2) is 12.7. The van der Waals surface area contributed by atoms with Gasteiger partial charge in [0, 0.05) is 40.2 Å². The topological polar surface area (TPSA) is 77.1 Å². The van der Waals surface area contributed by atoms with Crippen molar-refractivity contribution in [2.24, 2.45) is 0 Å². The summed E-state index contributed by atoms with van der Waals surface area (Å²) in [5.41, 5.74) is 0.965. The van der Waals surface area contributed by atoms with Gasteiger partial charge in [-0.2, -0.15) is 0 Å². The third kappa shape index (κ3) is 6.98. The van der Waals surface area contributed by atoms with Gasteiger partial charge in [-0.1, -0.05) is 34.1 Å². The standard InChI is InChI=1S/C26H25Br2FN2O5/c1-4-34-23-13-18(28)20(14-24(23)35-5-2)30-25(32)26(33)31(3)15-16-8-6-7-9-21(16)36-22-11-10-17(27)12-19(22)29/h6-14H,4-5,15H2,1-3H3,(H,30,32). The lowest BCUT2D eigenvalue weighted by Crippen LogP contribution is -2.36. The van der Waals surface area contributed by atoms with E-state index < -0.39 is 17.6 Å². The Morgan fingerprint density at radius 3 is 2.25 bits per heavy atom. The van der Waals surface area contributed by atoms with Crippen molar-refractivity contribution < 1.29 is 28.2 Å². The Bertz CT molecular complexity index is 1250. The highest BCUT2D eigenvalue weighted by Crippen LogP contribution is 2.37. The average Bonchev–Trinajstić information content (AvgIpc) is 2.84. The zero-order valence-electron chi connectivity index (χ0n) is 19.9. The van der Waals surface area contributed by atoms with E-state index in [4.69, 9.17) is 14.2 Å². The van der Waals surface area contributed by atoms with Crippen molar-refractivity contribution in [3.05, 3.63) is 74.9 Å². The van der Waals surface area contributed by atoms with E-state index in [2.05, 4.69) is 37.2 Å². The molecule has 0 unspecified atom stereocenters. The molecule has 0 aromatic heterocycles. The van der Waals surface area contributed by atoms with Crippen LogP contribution in [0.1, 0.15) is 19.4 Å². The Morgan fingerprint density at radius 2 is 1.58 bits per heavy atom. The Labute approximate surface area is 225 Å². The van der Waals surface area contributed by atoms with E-state index in [1.165, 1.54) is 24.1 Å². The molecule has 0 atom stereocenters. The van der Waals surface area contributed by atoms with Crippen LogP contribution in [-0.2, 0) is 16.1 Å². The Morgan fingerprint density at radius 1 is 0.917 bits per heavy atom. The van der Waals surface area contributed by atoms with Gasteiger partial charge in [-0.3, -0.25) is 9.59 Å². The quantitative estimate of drug-likeness (QED) is 0.274. The molecule has 36 heavy (non-hydrogen) atoms. The highest BCUT2D eigenvalue weighted by molar-refractivity contribution is 9.10. The van der Waals surface area contributed by atoms with Gasteiger partial charge in [-0.05, 0) is 54.0 Å². The predicted molar refractivity (Wildman–Crippen MR) is 142 cm³/mol. The zero-order valence-corrected chi connectivity index (χ0v) is 23.1. The third-order valence-electron chi connectivity index (χ3n) is 4.92. The number of amides is 2. The van der Waals surface area contributed by atoms with Crippen LogP contribution < -0.4 is 19.5 Å². The Hall–Kier alpha value is -3.11. The average molecular weight is 624 g/mol. The molecule has 2 amide bonds. The van der Waals surface area contributed by atoms with Gasteiger partial charge >= 0.3 is 11.8 Å². The van der Waals surface area contributed by atoms with Crippen LogP contribution in [0.4, 0.5) is 10.1 Å². The maximum absolute atomic E-state index is 14.3. The van der Waals surface area contributed by atoms with E-state index in [-0.39, 0.29) is 12.3 Å². The summed E-state index contributed by atoms with van der Waals surface area (Å²) in [5, 5.41) is 2.61. The minimum absolute atomic E-state index is 0.0443. The summed E-state index contributed by atoms with van der Waals surface area (Å²) in [6.45, 7) is 4.60. The van der Waals surface area contributed by atoms with Crippen LogP contribution >= 0.6 is 31.9 Å². The second-order valence-electron chi connectivity index (χ2n) is 7.54. The van der Waals surface area contributed by atoms with Gasteiger partial charge in [0.15, 0.2) is 23.1 Å². The van der Waals surface area contributed by atoms with Crippen molar-refractivity contribution in [2.45, 2.75) is 20.4 Å². The highest BCUT2D eigenvalue weighted by atomic mass is 79.9. The number of rotatable bonds is 9. The SMILES string of the molecule is CCOc1cc(Br)c(NC(=O)C(=O)N(C)Cc2ccccc2Oc2ccc(Br)cc2F)cc1OCC. The van der Waals surface area contributed by atoms with Crippen molar-refractivity contribution >= 4 is 49.4 Å². The molecule has 0 heterocycles. The Balaban J connectivity index is 1.73. The molecule has 0 bridgehead atoms. The summed E-state index contributed by atoms with van der Waals surface area (Å²) in [7, 11) is 1.50. The molecule has 0 aliphatic heterocycles. The number of hydrogen-bond acceptors (Lipinski definition) is 5. The number of para-hydroxylation sites is 1. The zero-order chi connectivity index (χ0) is 26.2. The molecule has 0 fully saturated rings. The Kier molecular flexibility index (Phi) is 9.72. The molecule has 0 radical (unpaired) electrons. The fourth-order valence-corrected chi connectivity index (χ4v) is 4.01. The molecular weight excluding hydrogens is 599 g/mol. The first kappa shape index (κ1) is 27.5. The fraction of sp³-hybridized carbons (Fsp3) is 0.231. The summed E-state index contributed by atoms with van der Waals surface area (Å²) < 4.78 is 32.3. The number of anilines is 1. The number of carbonyl (C=O) groups is 2. The van der Waals surface area contributed by atoms with Crippen LogP contribution in [-0.4, -0.2) is 37.0 Å². The summed E-state index contributed by atoms with van der Waals surface area (Å²) >= 11 is 6.61. The minimum atomic E-state index is -0.831. The van der Waals surface area contributed by atoms with Crippen LogP contribution in [0.3, 0.4) is 0 Å². The van der Waals surface area contributed by atoms with Crippen LogP contribution in [0.15, 0.2) is 63.5 Å². The molecule has 0 aliphatic carbocycles. The number of halogens is 3. The van der Waals surface area contributed by atoms with Gasteiger partial charge in [-0.15, -0.1) is 0 Å². The first-order valence-corrected chi connectivity index (χ1v) is 12.7. The monoisotopic (exact) mass is 622 g/mol. The van der Waals surface area contributed by atoms with Gasteiger partial charge in [-0.25, -0.2) is 4.39 Å². The molecule has 3 rings (SSSR count). The maximum Gasteiger partial charge on any atom is 0.313 e. The molecule has 0 saturated heterocycles. The molecule has 190 valence electrons. The molecular formula is C26H25Br2FN2O5. The predicted octanol–water partition coefficient (Wildman–Crippen LogP) is 6.54. The molecule has 3 aromatic carbocycles. The number of benzene rings is 3. The van der Waals surface area contributed by atoms with Crippen molar-refractivity contribution in [3.63, 3.8) is 0 Å². The van der Waals surface area contributed by atoms with Crippen molar-refractivity contribution in [2.75, 3.05) is 25.6 Å². The summed E-state index contributed by atoms with van der Waals surface area (Å²) in [4.78, 5) is 26.8. The van der Waals surface area contributed by atoms with Crippen LogP contribution in [0, 0.1) is 5.82 Å². The number of nitrogens with zero attached hydrogens (tertiary/aromatic N) is 1. The smallest absolute Gasteiger partial charge is 0.313 e. The molecule has 0 aliphatic rings. The fourth-order valence-electron chi connectivity index (χ4n) is 3.25. The lowest BCUT2D eigenvalue weighted by Gasteiger charge is -2.20. The first-order chi connectivity index (χ1) is 17.2. The number of ether oxygens (including phenoxy) is 3. The largest absolute Gasteiger partial charge is 0.490 e. The van der Waals surface area contributed by atoms with Crippen molar-refractivity contribution in [3.8, 4) is 23.0 Å². The minimum Gasteiger partial charge on any atom is -0.490 e. The van der Waals surface area contributed by atoms with E-state index in [0.717, 1.165) is 0 Å². The van der Waals surface area contributed by atoms with Gasteiger partial charge in [0.2, 0.25) is 0 Å². The van der Waals surface area contributed by atoms with E-state index in [0.29, 0.717) is 50.7 Å². The van der Waals surface area contributed by atoms with Crippen LogP contribution in [0.5, 0.6) is 23.0 Å². The molecule has 1 N–H and O–H groups in total. The number of hydrogen-bond donors (Lipinski definition) is 1. The van der Waals surface area contributed by atoms with Crippen molar-refractivity contribution in [1.82, 2.24) is 4.90 Å². The molecule has 7 nitrogen and oxygen atoms in total. The molecule has 3 aromatic rings. The molecule has 0 spiro atoms. The number of carbonyl (C=O) groups excluding carboxylic acids is 2. The molecule has 0 saturated carbocycles. The first-order valence-electron chi connectivity index (χ1n) is 11.1. The third-order valence-corrected chi connectivity index (χ3v) is 6.07. The van der Waals surface area contributed by atoms with E-state index in [9.17, 15) is 14.0 Å². The molecule has 10 heteroatoms. The van der Waals surface area contributed by atoms with E-state index in [1.807, 2.05) is 13.8 Å². The maximum atomic E-state index is 14.3. The second-order valence-corrected chi connectivity index (χ2v) is 9.31. The van der Waals surface area contributed by atoms with Gasteiger partial charge < -0.3 is 24.4 Å². The van der Waals surface area contributed by atoms with Gasteiger partial charge in [0.1, 0.15) is 5.75 Å².